The van der Waals surface area contributed by atoms with Gasteiger partial charge < -0.3 is 5.32 Å². The Kier molecular flexibility index (Phi) is 6.78. The first-order chi connectivity index (χ1) is 14.8. The van der Waals surface area contributed by atoms with E-state index in [0.29, 0.717) is 17.8 Å². The van der Waals surface area contributed by atoms with Gasteiger partial charge in [0.2, 0.25) is 10.0 Å². The van der Waals surface area contributed by atoms with E-state index in [9.17, 15) is 23.3 Å². The number of anilines is 1. The molecule has 3 rings (SSSR count). The highest BCUT2D eigenvalue weighted by molar-refractivity contribution is 7.89. The fraction of sp³-hybridized carbons (Fsp3) is 0.136. The molecule has 0 aromatic heterocycles. The Labute approximate surface area is 180 Å². The van der Waals surface area contributed by atoms with Crippen LogP contribution in [-0.2, 0) is 16.6 Å². The van der Waals surface area contributed by atoms with Crippen LogP contribution >= 0.6 is 0 Å². The lowest BCUT2D eigenvalue weighted by Crippen LogP contribution is -2.30. The van der Waals surface area contributed by atoms with Crippen molar-refractivity contribution in [1.82, 2.24) is 4.31 Å². The minimum atomic E-state index is -3.63. The maximum Gasteiger partial charge on any atom is 0.271 e. The summed E-state index contributed by atoms with van der Waals surface area (Å²) in [4.78, 5) is 23.0. The lowest BCUT2D eigenvalue weighted by Gasteiger charge is -2.20. The molecule has 160 valence electrons. The Hall–Kier alpha value is -3.56. The van der Waals surface area contributed by atoms with E-state index in [1.807, 2.05) is 0 Å². The van der Waals surface area contributed by atoms with Crippen LogP contribution in [-0.4, -0.2) is 30.1 Å². The molecule has 9 heteroatoms. The topological polar surface area (TPSA) is 110 Å². The van der Waals surface area contributed by atoms with Crippen molar-refractivity contribution in [2.45, 2.75) is 18.4 Å². The van der Waals surface area contributed by atoms with E-state index in [2.05, 4.69) is 5.32 Å². The van der Waals surface area contributed by atoms with E-state index in [4.69, 9.17) is 0 Å². The van der Waals surface area contributed by atoms with E-state index >= 15 is 0 Å². The largest absolute Gasteiger partial charge is 0.322 e. The minimum Gasteiger partial charge on any atom is -0.322 e. The summed E-state index contributed by atoms with van der Waals surface area (Å²) < 4.78 is 27.0. The number of nitrogens with one attached hydrogen (secondary N) is 1. The highest BCUT2D eigenvalue weighted by Gasteiger charge is 2.23. The van der Waals surface area contributed by atoms with Gasteiger partial charge in [0.1, 0.15) is 0 Å². The fourth-order valence-corrected chi connectivity index (χ4v) is 4.43. The zero-order chi connectivity index (χ0) is 22.4. The Bertz CT molecular complexity index is 1180. The van der Waals surface area contributed by atoms with Crippen LogP contribution in [0.1, 0.15) is 22.8 Å². The summed E-state index contributed by atoms with van der Waals surface area (Å²) in [6.07, 6.45) is 0. The summed E-state index contributed by atoms with van der Waals surface area (Å²) in [5.74, 6) is -0.420. The quantitative estimate of drug-likeness (QED) is 0.420. The molecule has 3 aromatic carbocycles. The van der Waals surface area contributed by atoms with Crippen molar-refractivity contribution in [3.05, 3.63) is 100 Å². The number of non-ortho nitro benzene ring substituents is 1. The molecule has 0 atom stereocenters. The molecule has 1 amide bonds. The molecule has 0 spiro atoms. The van der Waals surface area contributed by atoms with Crippen molar-refractivity contribution >= 4 is 27.3 Å². The fourth-order valence-electron chi connectivity index (χ4n) is 2.97. The number of benzene rings is 3. The van der Waals surface area contributed by atoms with Crippen molar-refractivity contribution < 1.29 is 18.1 Å². The number of nitro benzene ring substituents is 1. The first-order valence-electron chi connectivity index (χ1n) is 9.51. The van der Waals surface area contributed by atoms with Gasteiger partial charge in [0.05, 0.1) is 9.82 Å². The van der Waals surface area contributed by atoms with Gasteiger partial charge >= 0.3 is 0 Å². The Morgan fingerprint density at radius 1 is 1.00 bits per heavy atom. The summed E-state index contributed by atoms with van der Waals surface area (Å²) in [7, 11) is -3.63. The average molecular weight is 439 g/mol. The molecule has 0 aliphatic heterocycles. The molecular formula is C22H21N3O5S. The number of hydrogen-bond donors (Lipinski definition) is 1. The number of carbonyl (C=O) groups is 1. The number of hydrogen-bond acceptors (Lipinski definition) is 5. The zero-order valence-corrected chi connectivity index (χ0v) is 17.6. The Balaban J connectivity index is 1.71. The minimum absolute atomic E-state index is 0.118. The molecule has 1 N–H and O–H groups in total. The predicted molar refractivity (Wildman–Crippen MR) is 117 cm³/mol. The molecule has 0 aliphatic rings. The molecule has 8 nitrogen and oxygen atoms in total. The van der Waals surface area contributed by atoms with Crippen LogP contribution in [0.5, 0.6) is 0 Å². The predicted octanol–water partition coefficient (Wildman–Crippen LogP) is 4.06. The van der Waals surface area contributed by atoms with Gasteiger partial charge in [0.25, 0.3) is 11.6 Å². The molecule has 3 aromatic rings. The number of amides is 1. The number of nitrogens with zero attached hydrogens (tertiary/aromatic N) is 2. The van der Waals surface area contributed by atoms with E-state index < -0.39 is 20.9 Å². The monoisotopic (exact) mass is 439 g/mol. The second kappa shape index (κ2) is 9.50. The molecule has 0 saturated heterocycles. The third-order valence-corrected chi connectivity index (χ3v) is 6.56. The van der Waals surface area contributed by atoms with E-state index in [1.165, 1.54) is 22.5 Å². The number of sulfonamides is 1. The highest BCUT2D eigenvalue weighted by atomic mass is 32.2. The van der Waals surface area contributed by atoms with Crippen LogP contribution in [0.3, 0.4) is 0 Å². The lowest BCUT2D eigenvalue weighted by molar-refractivity contribution is -0.384. The van der Waals surface area contributed by atoms with E-state index in [1.54, 1.807) is 67.6 Å². The van der Waals surface area contributed by atoms with Crippen LogP contribution < -0.4 is 5.32 Å². The van der Waals surface area contributed by atoms with Gasteiger partial charge in [-0.25, -0.2) is 8.42 Å². The normalized spacial score (nSPS) is 11.3. The molecule has 0 aliphatic carbocycles. The maximum absolute atomic E-state index is 12.8. The van der Waals surface area contributed by atoms with Gasteiger partial charge in [-0.05, 0) is 35.9 Å². The zero-order valence-electron chi connectivity index (χ0n) is 16.8. The second-order valence-corrected chi connectivity index (χ2v) is 8.64. The van der Waals surface area contributed by atoms with Crippen LogP contribution in [0.4, 0.5) is 11.4 Å². The second-order valence-electron chi connectivity index (χ2n) is 6.70. The van der Waals surface area contributed by atoms with Crippen molar-refractivity contribution in [3.63, 3.8) is 0 Å². The Morgan fingerprint density at radius 3 is 2.29 bits per heavy atom. The number of carbonyl (C=O) groups excluding carboxylic acids is 1. The van der Waals surface area contributed by atoms with E-state index in [0.717, 1.165) is 5.56 Å². The van der Waals surface area contributed by atoms with Crippen LogP contribution in [0, 0.1) is 10.1 Å². The third kappa shape index (κ3) is 5.33. The van der Waals surface area contributed by atoms with Gasteiger partial charge in [-0.3, -0.25) is 14.9 Å². The Morgan fingerprint density at radius 2 is 1.68 bits per heavy atom. The molecule has 0 bridgehead atoms. The third-order valence-electron chi connectivity index (χ3n) is 4.62. The van der Waals surface area contributed by atoms with Crippen molar-refractivity contribution in [1.29, 1.82) is 0 Å². The van der Waals surface area contributed by atoms with Crippen LogP contribution in [0.15, 0.2) is 83.8 Å². The standard InChI is InChI=1S/C22H21N3O5S/c1-2-24(31(29,30)21-9-4-3-5-10-21)16-17-11-13-18(14-12-17)22(26)23-19-7-6-8-20(15-19)25(27)28/h3-15H,2,16H2,1H3,(H,23,26). The molecule has 0 heterocycles. The smallest absolute Gasteiger partial charge is 0.271 e. The number of nitro groups is 1. The SMILES string of the molecule is CCN(Cc1ccc(C(=O)Nc2cccc([N+](=O)[O-])c2)cc1)S(=O)(=O)c1ccccc1. The van der Waals surface area contributed by atoms with Gasteiger partial charge in [0, 0.05) is 36.5 Å². The summed E-state index contributed by atoms with van der Waals surface area (Å²) in [6, 6.07) is 20.4. The van der Waals surface area contributed by atoms with Crippen molar-refractivity contribution in [2.75, 3.05) is 11.9 Å². The summed E-state index contributed by atoms with van der Waals surface area (Å²) in [6.45, 7) is 2.23. The highest BCUT2D eigenvalue weighted by Crippen LogP contribution is 2.20. The summed E-state index contributed by atoms with van der Waals surface area (Å²) >= 11 is 0. The van der Waals surface area contributed by atoms with Gasteiger partial charge in [-0.2, -0.15) is 4.31 Å². The molecule has 0 unspecified atom stereocenters. The molecular weight excluding hydrogens is 418 g/mol. The van der Waals surface area contributed by atoms with Crippen molar-refractivity contribution in [3.8, 4) is 0 Å². The van der Waals surface area contributed by atoms with Gasteiger partial charge in [-0.1, -0.05) is 43.3 Å². The van der Waals surface area contributed by atoms with Crippen molar-refractivity contribution in [2.24, 2.45) is 0 Å². The van der Waals surface area contributed by atoms with Crippen LogP contribution in [0.25, 0.3) is 0 Å². The number of rotatable bonds is 8. The summed E-state index contributed by atoms with van der Waals surface area (Å²) in [5, 5.41) is 13.5. The molecule has 0 radical (unpaired) electrons. The van der Waals surface area contributed by atoms with E-state index in [-0.39, 0.29) is 17.1 Å². The molecule has 31 heavy (non-hydrogen) atoms. The molecule has 0 fully saturated rings. The van der Waals surface area contributed by atoms with Gasteiger partial charge in [-0.15, -0.1) is 0 Å². The maximum atomic E-state index is 12.8. The van der Waals surface area contributed by atoms with Gasteiger partial charge in [0.15, 0.2) is 0 Å². The lowest BCUT2D eigenvalue weighted by atomic mass is 10.1. The first-order valence-corrected chi connectivity index (χ1v) is 10.9. The summed E-state index contributed by atoms with van der Waals surface area (Å²) in [5.41, 5.74) is 1.28. The van der Waals surface area contributed by atoms with Crippen LogP contribution in [0.2, 0.25) is 0 Å². The average Bonchev–Trinajstić information content (AvgIpc) is 2.78. The first kappa shape index (κ1) is 22.1. The molecule has 0 saturated carbocycles.